The summed E-state index contributed by atoms with van der Waals surface area (Å²) in [6.45, 7) is 9.78. The van der Waals surface area contributed by atoms with Crippen LogP contribution in [0.15, 0.2) is 48.7 Å². The van der Waals surface area contributed by atoms with Crippen molar-refractivity contribution in [3.8, 4) is 17.4 Å². The van der Waals surface area contributed by atoms with Crippen LogP contribution >= 0.6 is 0 Å². The third kappa shape index (κ3) is 7.05. The maximum Gasteiger partial charge on any atom is 0.248 e. The second-order valence-electron chi connectivity index (χ2n) is 7.65. The van der Waals surface area contributed by atoms with Crippen LogP contribution < -0.4 is 15.2 Å². The second-order valence-corrected chi connectivity index (χ2v) is 7.65. The third-order valence-corrected chi connectivity index (χ3v) is 5.49. The number of nitrogens with two attached hydrogens (primary N) is 1. The minimum Gasteiger partial charge on any atom is -0.480 e. The quantitative estimate of drug-likeness (QED) is 0.455. The lowest BCUT2D eigenvalue weighted by Gasteiger charge is -2.24. The van der Waals surface area contributed by atoms with Gasteiger partial charge in [0.2, 0.25) is 11.8 Å². The standard InChI is InChI=1S/C23H25FN4O3.2C2H6/c1-27-14-18(23(26-27)30-2)20-4-3-11-28(20)13-15-5-8-17(9-6-15)31-21-10-7-16(22(25)29)12-19(21)24;2*1-2/h5-10,12,14,20H,3-4,11,13H2,1-2H3,(H2,25,29);2*1-2H3. The van der Waals surface area contributed by atoms with E-state index < -0.39 is 11.7 Å². The van der Waals surface area contributed by atoms with Crippen molar-refractivity contribution in [1.29, 1.82) is 0 Å². The molecule has 0 bridgehead atoms. The van der Waals surface area contributed by atoms with Gasteiger partial charge < -0.3 is 15.2 Å². The van der Waals surface area contributed by atoms with Gasteiger partial charge >= 0.3 is 0 Å². The fraction of sp³-hybridized carbons (Fsp3) is 0.407. The van der Waals surface area contributed by atoms with Crippen molar-refractivity contribution in [2.24, 2.45) is 12.8 Å². The molecule has 0 aliphatic carbocycles. The summed E-state index contributed by atoms with van der Waals surface area (Å²) in [5, 5.41) is 4.38. The van der Waals surface area contributed by atoms with Crippen LogP contribution in [0.3, 0.4) is 0 Å². The summed E-state index contributed by atoms with van der Waals surface area (Å²) in [6, 6.07) is 11.7. The van der Waals surface area contributed by atoms with Crippen LogP contribution in [-0.2, 0) is 13.6 Å². The van der Waals surface area contributed by atoms with Crippen LogP contribution in [0.1, 0.15) is 68.1 Å². The number of carbonyl (C=O) groups is 1. The third-order valence-electron chi connectivity index (χ3n) is 5.49. The van der Waals surface area contributed by atoms with Crippen LogP contribution in [0.2, 0.25) is 0 Å². The first kappa shape index (κ1) is 27.9. The number of aromatic nitrogens is 2. The molecule has 1 aromatic heterocycles. The zero-order valence-electron chi connectivity index (χ0n) is 21.5. The molecule has 1 aliphatic heterocycles. The average Bonchev–Trinajstić information content (AvgIpc) is 3.49. The number of methoxy groups -OCH3 is 1. The summed E-state index contributed by atoms with van der Waals surface area (Å²) < 4.78 is 27.0. The molecule has 4 rings (SSSR count). The number of benzene rings is 2. The van der Waals surface area contributed by atoms with E-state index in [1.165, 1.54) is 12.1 Å². The summed E-state index contributed by atoms with van der Waals surface area (Å²) >= 11 is 0. The molecule has 8 heteroatoms. The Morgan fingerprint density at radius 1 is 1.14 bits per heavy atom. The van der Waals surface area contributed by atoms with Crippen LogP contribution in [0.5, 0.6) is 17.4 Å². The van der Waals surface area contributed by atoms with E-state index in [2.05, 4.69) is 10.00 Å². The van der Waals surface area contributed by atoms with Gasteiger partial charge in [-0.2, -0.15) is 0 Å². The van der Waals surface area contributed by atoms with Gasteiger partial charge in [-0.15, -0.1) is 5.10 Å². The first-order valence-electron chi connectivity index (χ1n) is 12.1. The number of rotatable bonds is 7. The van der Waals surface area contributed by atoms with Crippen molar-refractivity contribution in [3.63, 3.8) is 0 Å². The van der Waals surface area contributed by atoms with E-state index in [0.29, 0.717) is 11.6 Å². The molecule has 2 N–H and O–H groups in total. The molecule has 0 spiro atoms. The average molecular weight is 485 g/mol. The summed E-state index contributed by atoms with van der Waals surface area (Å²) in [4.78, 5) is 13.6. The molecule has 1 saturated heterocycles. The zero-order valence-corrected chi connectivity index (χ0v) is 21.5. The van der Waals surface area contributed by atoms with Gasteiger partial charge in [-0.3, -0.25) is 14.4 Å². The van der Waals surface area contributed by atoms with Crippen molar-refractivity contribution in [2.75, 3.05) is 13.7 Å². The van der Waals surface area contributed by atoms with Gasteiger partial charge in [0.1, 0.15) is 5.75 Å². The Kier molecular flexibility index (Phi) is 10.7. The summed E-state index contributed by atoms with van der Waals surface area (Å²) in [7, 11) is 3.54. The summed E-state index contributed by atoms with van der Waals surface area (Å²) in [5.74, 6) is -0.0837. The van der Waals surface area contributed by atoms with Crippen molar-refractivity contribution >= 4 is 5.91 Å². The molecular weight excluding hydrogens is 447 g/mol. The number of amides is 1. The van der Waals surface area contributed by atoms with Crippen LogP contribution in [0, 0.1) is 5.82 Å². The molecule has 1 fully saturated rings. The molecular formula is C27H37FN4O3. The van der Waals surface area contributed by atoms with E-state index in [0.717, 1.165) is 43.1 Å². The largest absolute Gasteiger partial charge is 0.480 e. The Hall–Kier alpha value is -3.39. The molecule has 1 atom stereocenters. The Bertz CT molecular complexity index is 1080. The van der Waals surface area contributed by atoms with Gasteiger partial charge in [-0.1, -0.05) is 39.8 Å². The topological polar surface area (TPSA) is 82.6 Å². The molecule has 2 heterocycles. The van der Waals surface area contributed by atoms with Crippen LogP contribution in [-0.4, -0.2) is 34.2 Å². The van der Waals surface area contributed by atoms with E-state index in [-0.39, 0.29) is 17.4 Å². The van der Waals surface area contributed by atoms with Gasteiger partial charge in [0.05, 0.1) is 12.7 Å². The predicted molar refractivity (Wildman–Crippen MR) is 136 cm³/mol. The molecule has 35 heavy (non-hydrogen) atoms. The first-order chi connectivity index (χ1) is 16.9. The fourth-order valence-electron chi connectivity index (χ4n) is 4.00. The molecule has 1 aliphatic rings. The SMILES string of the molecule is CC.CC.COc1nn(C)cc1C1CCCN1Cc1ccc(Oc2ccc(C(N)=O)cc2F)cc1. The highest BCUT2D eigenvalue weighted by molar-refractivity contribution is 5.92. The number of hydrogen-bond acceptors (Lipinski definition) is 5. The lowest BCUT2D eigenvalue weighted by Crippen LogP contribution is -2.22. The molecule has 1 unspecified atom stereocenters. The number of ether oxygens (including phenoxy) is 2. The number of likely N-dealkylation sites (tertiary alicyclic amines) is 1. The maximum atomic E-state index is 14.2. The van der Waals surface area contributed by atoms with Crippen molar-refractivity contribution in [1.82, 2.24) is 14.7 Å². The minimum atomic E-state index is -0.682. The van der Waals surface area contributed by atoms with E-state index in [1.807, 2.05) is 65.2 Å². The summed E-state index contributed by atoms with van der Waals surface area (Å²) in [5.41, 5.74) is 7.51. The Morgan fingerprint density at radius 3 is 2.43 bits per heavy atom. The molecule has 3 aromatic rings. The number of nitrogens with zero attached hydrogens (tertiary/aromatic N) is 3. The normalized spacial score (nSPS) is 14.9. The van der Waals surface area contributed by atoms with Crippen molar-refractivity contribution in [3.05, 3.63) is 71.2 Å². The predicted octanol–water partition coefficient (Wildman–Crippen LogP) is 5.85. The smallest absolute Gasteiger partial charge is 0.248 e. The lowest BCUT2D eigenvalue weighted by atomic mass is 10.1. The highest BCUT2D eigenvalue weighted by Gasteiger charge is 2.30. The Labute approximate surface area is 207 Å². The first-order valence-corrected chi connectivity index (χ1v) is 12.1. The van der Waals surface area contributed by atoms with E-state index in [9.17, 15) is 9.18 Å². The number of hydrogen-bond donors (Lipinski definition) is 1. The van der Waals surface area contributed by atoms with E-state index in [1.54, 1.807) is 11.8 Å². The fourth-order valence-corrected chi connectivity index (χ4v) is 4.00. The van der Waals surface area contributed by atoms with E-state index in [4.69, 9.17) is 15.2 Å². The van der Waals surface area contributed by atoms with Gasteiger partial charge in [0.25, 0.3) is 0 Å². The number of aryl methyl sites for hydroxylation is 1. The van der Waals surface area contributed by atoms with Crippen molar-refractivity contribution < 1.29 is 18.7 Å². The molecule has 7 nitrogen and oxygen atoms in total. The summed E-state index contributed by atoms with van der Waals surface area (Å²) in [6.07, 6.45) is 4.20. The van der Waals surface area contributed by atoms with Crippen LogP contribution in [0.25, 0.3) is 0 Å². The number of halogens is 1. The number of carbonyl (C=O) groups excluding carboxylic acids is 1. The molecule has 190 valence electrons. The van der Waals surface area contributed by atoms with Gasteiger partial charge in [0, 0.05) is 31.4 Å². The Balaban J connectivity index is 0.00000103. The van der Waals surface area contributed by atoms with Gasteiger partial charge in [-0.05, 0) is 55.3 Å². The van der Waals surface area contributed by atoms with Gasteiger partial charge in [-0.25, -0.2) is 4.39 Å². The Morgan fingerprint density at radius 2 is 1.83 bits per heavy atom. The minimum absolute atomic E-state index is 0.0426. The molecule has 1 amide bonds. The maximum absolute atomic E-state index is 14.2. The van der Waals surface area contributed by atoms with Crippen molar-refractivity contribution in [2.45, 2.75) is 53.1 Å². The highest BCUT2D eigenvalue weighted by atomic mass is 19.1. The molecule has 0 saturated carbocycles. The monoisotopic (exact) mass is 484 g/mol. The van der Waals surface area contributed by atoms with Gasteiger partial charge in [0.15, 0.2) is 11.6 Å². The zero-order chi connectivity index (χ0) is 26.0. The lowest BCUT2D eigenvalue weighted by molar-refractivity contribution is 0.1000. The molecule has 0 radical (unpaired) electrons. The second kappa shape index (κ2) is 13.5. The number of primary amides is 1. The van der Waals surface area contributed by atoms with E-state index >= 15 is 0 Å². The molecule has 2 aromatic carbocycles. The highest BCUT2D eigenvalue weighted by Crippen LogP contribution is 2.37. The van der Waals surface area contributed by atoms with Crippen LogP contribution in [0.4, 0.5) is 4.39 Å².